The standard InChI is InChI=1S/C16H23ClN4/c17-13-5-3-4-12(10-13)15(21-8-1-2-9-21)11-19-16(18)20-14-6-7-14/h3-5,10,14-15H,1-2,6-9,11H2,(H3,18,19,20). The van der Waals surface area contributed by atoms with Crippen molar-refractivity contribution in [1.82, 2.24) is 10.2 Å². The summed E-state index contributed by atoms with van der Waals surface area (Å²) in [5.74, 6) is 0.573. The maximum absolute atomic E-state index is 6.14. The largest absolute Gasteiger partial charge is 0.370 e. The molecule has 114 valence electrons. The third-order valence-corrected chi connectivity index (χ3v) is 4.41. The van der Waals surface area contributed by atoms with Gasteiger partial charge in [0, 0.05) is 11.1 Å². The number of guanidine groups is 1. The molecule has 0 bridgehead atoms. The highest BCUT2D eigenvalue weighted by atomic mass is 35.5. The van der Waals surface area contributed by atoms with E-state index in [0.29, 0.717) is 18.5 Å². The molecule has 1 heterocycles. The van der Waals surface area contributed by atoms with E-state index >= 15 is 0 Å². The minimum absolute atomic E-state index is 0.269. The van der Waals surface area contributed by atoms with Crippen molar-refractivity contribution < 1.29 is 0 Å². The molecule has 2 aliphatic rings. The normalized spacial score (nSPS) is 21.5. The van der Waals surface area contributed by atoms with E-state index in [1.807, 2.05) is 18.2 Å². The average Bonchev–Trinajstić information content (AvgIpc) is 3.11. The lowest BCUT2D eigenvalue weighted by molar-refractivity contribution is 0.251. The lowest BCUT2D eigenvalue weighted by Gasteiger charge is -2.26. The first-order valence-electron chi connectivity index (χ1n) is 7.78. The van der Waals surface area contributed by atoms with Crippen LogP contribution in [0.5, 0.6) is 0 Å². The SMILES string of the molecule is NC(=NCC(c1cccc(Cl)c1)N1CCCC1)NC1CC1. The van der Waals surface area contributed by atoms with Gasteiger partial charge in [-0.25, -0.2) is 0 Å². The molecular weight excluding hydrogens is 284 g/mol. The highest BCUT2D eigenvalue weighted by molar-refractivity contribution is 6.30. The van der Waals surface area contributed by atoms with Gasteiger partial charge in [-0.3, -0.25) is 9.89 Å². The van der Waals surface area contributed by atoms with Gasteiger partial charge in [-0.1, -0.05) is 23.7 Å². The zero-order valence-electron chi connectivity index (χ0n) is 12.3. The van der Waals surface area contributed by atoms with E-state index in [0.717, 1.165) is 18.1 Å². The second-order valence-corrected chi connectivity index (χ2v) is 6.39. The monoisotopic (exact) mass is 306 g/mol. The van der Waals surface area contributed by atoms with Crippen LogP contribution in [0.4, 0.5) is 0 Å². The summed E-state index contributed by atoms with van der Waals surface area (Å²) >= 11 is 6.14. The van der Waals surface area contributed by atoms with Crippen molar-refractivity contribution in [2.75, 3.05) is 19.6 Å². The van der Waals surface area contributed by atoms with Crippen LogP contribution in [0.1, 0.15) is 37.3 Å². The van der Waals surface area contributed by atoms with Crippen LogP contribution in [0.15, 0.2) is 29.3 Å². The number of nitrogens with zero attached hydrogens (tertiary/aromatic N) is 2. The number of benzene rings is 1. The Morgan fingerprint density at radius 2 is 2.14 bits per heavy atom. The summed E-state index contributed by atoms with van der Waals surface area (Å²) in [6, 6.07) is 8.92. The first-order chi connectivity index (χ1) is 10.2. The van der Waals surface area contributed by atoms with Gasteiger partial charge in [0.25, 0.3) is 0 Å². The zero-order chi connectivity index (χ0) is 14.7. The van der Waals surface area contributed by atoms with E-state index in [2.05, 4.69) is 21.3 Å². The Morgan fingerprint density at radius 3 is 2.81 bits per heavy atom. The van der Waals surface area contributed by atoms with Crippen LogP contribution >= 0.6 is 11.6 Å². The molecule has 21 heavy (non-hydrogen) atoms. The topological polar surface area (TPSA) is 53.6 Å². The number of rotatable bonds is 5. The van der Waals surface area contributed by atoms with Crippen molar-refractivity contribution in [3.8, 4) is 0 Å². The van der Waals surface area contributed by atoms with Crippen LogP contribution in [0.2, 0.25) is 5.02 Å². The Balaban J connectivity index is 1.72. The van der Waals surface area contributed by atoms with Gasteiger partial charge in [0.2, 0.25) is 0 Å². The predicted molar refractivity (Wildman–Crippen MR) is 87.6 cm³/mol. The molecule has 5 heteroatoms. The van der Waals surface area contributed by atoms with Crippen molar-refractivity contribution in [2.24, 2.45) is 10.7 Å². The molecule has 1 unspecified atom stereocenters. The van der Waals surface area contributed by atoms with E-state index in [1.54, 1.807) is 0 Å². The van der Waals surface area contributed by atoms with Crippen LogP contribution in [0.3, 0.4) is 0 Å². The fourth-order valence-electron chi connectivity index (χ4n) is 2.87. The summed E-state index contributed by atoms with van der Waals surface area (Å²) in [6.07, 6.45) is 4.94. The summed E-state index contributed by atoms with van der Waals surface area (Å²) < 4.78 is 0. The number of aliphatic imine (C=N–C) groups is 1. The molecule has 1 aromatic rings. The molecule has 0 radical (unpaired) electrons. The van der Waals surface area contributed by atoms with E-state index in [-0.39, 0.29) is 6.04 Å². The molecule has 1 saturated heterocycles. The zero-order valence-corrected chi connectivity index (χ0v) is 13.0. The second kappa shape index (κ2) is 6.67. The quantitative estimate of drug-likeness (QED) is 0.649. The van der Waals surface area contributed by atoms with Crippen LogP contribution in [-0.4, -0.2) is 36.5 Å². The van der Waals surface area contributed by atoms with Crippen LogP contribution in [0.25, 0.3) is 0 Å². The minimum Gasteiger partial charge on any atom is -0.370 e. The van der Waals surface area contributed by atoms with E-state index in [9.17, 15) is 0 Å². The number of hydrogen-bond donors (Lipinski definition) is 2. The van der Waals surface area contributed by atoms with E-state index < -0.39 is 0 Å². The molecule has 0 amide bonds. The van der Waals surface area contributed by atoms with Gasteiger partial charge in [0.15, 0.2) is 5.96 Å². The summed E-state index contributed by atoms with van der Waals surface area (Å²) in [7, 11) is 0. The van der Waals surface area contributed by atoms with Crippen molar-refractivity contribution in [3.05, 3.63) is 34.9 Å². The summed E-state index contributed by atoms with van der Waals surface area (Å²) in [5, 5.41) is 4.03. The minimum atomic E-state index is 0.269. The third kappa shape index (κ3) is 4.11. The maximum atomic E-state index is 6.14. The predicted octanol–water partition coefficient (Wildman–Crippen LogP) is 2.54. The lowest BCUT2D eigenvalue weighted by Crippen LogP contribution is -2.35. The van der Waals surface area contributed by atoms with Crippen molar-refractivity contribution in [1.29, 1.82) is 0 Å². The van der Waals surface area contributed by atoms with Gasteiger partial charge in [-0.15, -0.1) is 0 Å². The number of nitrogens with two attached hydrogens (primary N) is 1. The van der Waals surface area contributed by atoms with Crippen molar-refractivity contribution in [2.45, 2.75) is 37.8 Å². The highest BCUT2D eigenvalue weighted by Gasteiger charge is 2.24. The molecule has 0 spiro atoms. The first kappa shape index (κ1) is 14.7. The average molecular weight is 307 g/mol. The van der Waals surface area contributed by atoms with Gasteiger partial charge < -0.3 is 11.1 Å². The highest BCUT2D eigenvalue weighted by Crippen LogP contribution is 2.27. The maximum Gasteiger partial charge on any atom is 0.188 e. The molecule has 1 aliphatic carbocycles. The number of halogens is 1. The molecule has 1 aromatic carbocycles. The molecular formula is C16H23ClN4. The molecule has 3 N–H and O–H groups in total. The molecule has 4 nitrogen and oxygen atoms in total. The van der Waals surface area contributed by atoms with Crippen molar-refractivity contribution in [3.63, 3.8) is 0 Å². The Morgan fingerprint density at radius 1 is 1.38 bits per heavy atom. The molecule has 0 aromatic heterocycles. The fraction of sp³-hybridized carbons (Fsp3) is 0.562. The van der Waals surface area contributed by atoms with E-state index in [4.69, 9.17) is 17.3 Å². The Labute approximate surface area is 131 Å². The van der Waals surface area contributed by atoms with Gasteiger partial charge in [-0.2, -0.15) is 0 Å². The lowest BCUT2D eigenvalue weighted by atomic mass is 10.1. The van der Waals surface area contributed by atoms with Crippen molar-refractivity contribution >= 4 is 17.6 Å². The van der Waals surface area contributed by atoms with Gasteiger partial charge in [0.1, 0.15) is 0 Å². The Bertz CT molecular complexity index is 507. The van der Waals surface area contributed by atoms with Crippen LogP contribution in [0, 0.1) is 0 Å². The molecule has 3 rings (SSSR count). The summed E-state index contributed by atoms with van der Waals surface area (Å²) in [5.41, 5.74) is 7.19. The molecule has 1 saturated carbocycles. The van der Waals surface area contributed by atoms with Crippen LogP contribution < -0.4 is 11.1 Å². The summed E-state index contributed by atoms with van der Waals surface area (Å²) in [4.78, 5) is 7.04. The molecule has 2 fully saturated rings. The van der Waals surface area contributed by atoms with Crippen LogP contribution in [-0.2, 0) is 0 Å². The Hall–Kier alpha value is -1.26. The van der Waals surface area contributed by atoms with Gasteiger partial charge >= 0.3 is 0 Å². The molecule has 1 atom stereocenters. The number of hydrogen-bond acceptors (Lipinski definition) is 2. The first-order valence-corrected chi connectivity index (χ1v) is 8.16. The third-order valence-electron chi connectivity index (χ3n) is 4.18. The smallest absolute Gasteiger partial charge is 0.188 e. The van der Waals surface area contributed by atoms with E-state index in [1.165, 1.54) is 31.2 Å². The number of likely N-dealkylation sites (tertiary alicyclic amines) is 1. The van der Waals surface area contributed by atoms with Gasteiger partial charge in [0.05, 0.1) is 12.6 Å². The molecule has 1 aliphatic heterocycles. The second-order valence-electron chi connectivity index (χ2n) is 5.96. The Kier molecular flexibility index (Phi) is 4.66. The van der Waals surface area contributed by atoms with Gasteiger partial charge in [-0.05, 0) is 56.5 Å². The fourth-order valence-corrected chi connectivity index (χ4v) is 3.06. The summed E-state index contributed by atoms with van der Waals surface area (Å²) in [6.45, 7) is 2.94. The number of nitrogens with one attached hydrogen (secondary N) is 1.